The van der Waals surface area contributed by atoms with Gasteiger partial charge >= 0.3 is 0 Å². The highest BCUT2D eigenvalue weighted by Gasteiger charge is 2.10. The van der Waals surface area contributed by atoms with Crippen LogP contribution in [0.4, 0.5) is 11.4 Å². The van der Waals surface area contributed by atoms with Gasteiger partial charge in [0, 0.05) is 12.4 Å². The van der Waals surface area contributed by atoms with E-state index >= 15 is 0 Å². The lowest BCUT2D eigenvalue weighted by atomic mass is 10.1. The number of nitrogens with two attached hydrogens (primary N) is 1. The van der Waals surface area contributed by atoms with Gasteiger partial charge < -0.3 is 15.8 Å². The van der Waals surface area contributed by atoms with Crippen molar-refractivity contribution in [3.05, 3.63) is 48.3 Å². The molecule has 2 rings (SSSR count). The van der Waals surface area contributed by atoms with Crippen molar-refractivity contribution in [2.24, 2.45) is 0 Å². The second-order valence-corrected chi connectivity index (χ2v) is 4.72. The summed E-state index contributed by atoms with van der Waals surface area (Å²) >= 11 is 0. The highest BCUT2D eigenvalue weighted by molar-refractivity contribution is 5.73. The van der Waals surface area contributed by atoms with Gasteiger partial charge in [-0.15, -0.1) is 0 Å². The van der Waals surface area contributed by atoms with E-state index in [1.165, 1.54) is 0 Å². The van der Waals surface area contributed by atoms with Crippen molar-refractivity contribution < 1.29 is 4.74 Å². The number of pyridine rings is 1. The zero-order chi connectivity index (χ0) is 14.4. The van der Waals surface area contributed by atoms with Crippen LogP contribution in [0.15, 0.2) is 42.7 Å². The van der Waals surface area contributed by atoms with Crippen LogP contribution >= 0.6 is 0 Å². The van der Waals surface area contributed by atoms with E-state index in [-0.39, 0.29) is 6.04 Å². The molecule has 1 unspecified atom stereocenters. The molecule has 0 aliphatic carbocycles. The zero-order valence-corrected chi connectivity index (χ0v) is 12.0. The van der Waals surface area contributed by atoms with Gasteiger partial charge in [-0.2, -0.15) is 0 Å². The standard InChI is InChI=1S/C16H21N3O/c1-3-10-20-15-8-4-7-14(16(15)17)19-12(2)13-6-5-9-18-11-13/h4-9,11-12,19H,3,10,17H2,1-2H3. The quantitative estimate of drug-likeness (QED) is 0.788. The highest BCUT2D eigenvalue weighted by atomic mass is 16.5. The average Bonchev–Trinajstić information content (AvgIpc) is 2.49. The Hall–Kier alpha value is -2.23. The number of anilines is 2. The third-order valence-corrected chi connectivity index (χ3v) is 3.08. The fourth-order valence-corrected chi connectivity index (χ4v) is 1.96. The van der Waals surface area contributed by atoms with E-state index in [0.29, 0.717) is 12.3 Å². The average molecular weight is 271 g/mol. The number of hydrogen-bond acceptors (Lipinski definition) is 4. The Morgan fingerprint density at radius 2 is 2.15 bits per heavy atom. The van der Waals surface area contributed by atoms with Gasteiger partial charge in [0.05, 0.1) is 24.0 Å². The van der Waals surface area contributed by atoms with Gasteiger partial charge in [0.2, 0.25) is 0 Å². The number of rotatable bonds is 6. The van der Waals surface area contributed by atoms with E-state index in [9.17, 15) is 0 Å². The number of benzene rings is 1. The molecule has 0 aliphatic rings. The lowest BCUT2D eigenvalue weighted by Crippen LogP contribution is -2.09. The fourth-order valence-electron chi connectivity index (χ4n) is 1.96. The monoisotopic (exact) mass is 271 g/mol. The maximum atomic E-state index is 6.15. The van der Waals surface area contributed by atoms with E-state index in [0.717, 1.165) is 23.4 Å². The van der Waals surface area contributed by atoms with E-state index in [1.807, 2.05) is 36.5 Å². The predicted molar refractivity (Wildman–Crippen MR) is 82.9 cm³/mol. The minimum Gasteiger partial charge on any atom is -0.491 e. The number of ether oxygens (including phenoxy) is 1. The van der Waals surface area contributed by atoms with Crippen LogP contribution in [-0.2, 0) is 0 Å². The third kappa shape index (κ3) is 3.41. The molecule has 2 aromatic rings. The van der Waals surface area contributed by atoms with Crippen LogP contribution in [0.5, 0.6) is 5.75 Å². The molecule has 106 valence electrons. The molecule has 1 aromatic carbocycles. The molecule has 0 fully saturated rings. The maximum Gasteiger partial charge on any atom is 0.144 e. The summed E-state index contributed by atoms with van der Waals surface area (Å²) in [6, 6.07) is 9.90. The van der Waals surface area contributed by atoms with Crippen molar-refractivity contribution in [1.29, 1.82) is 0 Å². The summed E-state index contributed by atoms with van der Waals surface area (Å²) in [5.41, 5.74) is 8.80. The molecule has 0 bridgehead atoms. The molecule has 0 amide bonds. The maximum absolute atomic E-state index is 6.15. The molecular weight excluding hydrogens is 250 g/mol. The van der Waals surface area contributed by atoms with Crippen LogP contribution in [0.25, 0.3) is 0 Å². The first kappa shape index (κ1) is 14.2. The summed E-state index contributed by atoms with van der Waals surface area (Å²) in [6.45, 7) is 4.82. The SMILES string of the molecule is CCCOc1cccc(NC(C)c2cccnc2)c1N. The smallest absolute Gasteiger partial charge is 0.144 e. The molecule has 4 nitrogen and oxygen atoms in total. The first-order chi connectivity index (χ1) is 9.72. The molecule has 0 radical (unpaired) electrons. The van der Waals surface area contributed by atoms with Crippen LogP contribution in [0.3, 0.4) is 0 Å². The second kappa shape index (κ2) is 6.80. The second-order valence-electron chi connectivity index (χ2n) is 4.72. The number of para-hydroxylation sites is 1. The van der Waals surface area contributed by atoms with Crippen LogP contribution in [-0.4, -0.2) is 11.6 Å². The molecule has 0 saturated heterocycles. The summed E-state index contributed by atoms with van der Waals surface area (Å²) < 4.78 is 5.64. The van der Waals surface area contributed by atoms with Gasteiger partial charge in [0.15, 0.2) is 0 Å². The number of aromatic nitrogens is 1. The van der Waals surface area contributed by atoms with E-state index in [1.54, 1.807) is 6.20 Å². The van der Waals surface area contributed by atoms with E-state index in [4.69, 9.17) is 10.5 Å². The van der Waals surface area contributed by atoms with Gasteiger partial charge in [-0.25, -0.2) is 0 Å². The van der Waals surface area contributed by atoms with Crippen molar-refractivity contribution in [1.82, 2.24) is 4.98 Å². The molecule has 4 heteroatoms. The van der Waals surface area contributed by atoms with Gasteiger partial charge in [0.25, 0.3) is 0 Å². The Kier molecular flexibility index (Phi) is 4.82. The first-order valence-corrected chi connectivity index (χ1v) is 6.90. The molecule has 1 atom stereocenters. The van der Waals surface area contributed by atoms with Crippen LogP contribution in [0.1, 0.15) is 31.9 Å². The Labute approximate surface area is 120 Å². The van der Waals surface area contributed by atoms with Crippen molar-refractivity contribution >= 4 is 11.4 Å². The van der Waals surface area contributed by atoms with Gasteiger partial charge in [-0.3, -0.25) is 4.98 Å². The van der Waals surface area contributed by atoms with E-state index in [2.05, 4.69) is 24.1 Å². The Morgan fingerprint density at radius 1 is 1.30 bits per heavy atom. The van der Waals surface area contributed by atoms with Crippen LogP contribution in [0.2, 0.25) is 0 Å². The Balaban J connectivity index is 2.13. The lowest BCUT2D eigenvalue weighted by molar-refractivity contribution is 0.319. The Morgan fingerprint density at radius 3 is 2.85 bits per heavy atom. The summed E-state index contributed by atoms with van der Waals surface area (Å²) in [4.78, 5) is 4.13. The number of nitrogens with zero attached hydrogens (tertiary/aromatic N) is 1. The fraction of sp³-hybridized carbons (Fsp3) is 0.312. The zero-order valence-electron chi connectivity index (χ0n) is 12.0. The van der Waals surface area contributed by atoms with Crippen LogP contribution < -0.4 is 15.8 Å². The Bertz CT molecular complexity index is 543. The van der Waals surface area contributed by atoms with E-state index < -0.39 is 0 Å². The van der Waals surface area contributed by atoms with Gasteiger partial charge in [0.1, 0.15) is 5.75 Å². The van der Waals surface area contributed by atoms with Crippen molar-refractivity contribution in [3.63, 3.8) is 0 Å². The van der Waals surface area contributed by atoms with Crippen LogP contribution in [0, 0.1) is 0 Å². The number of nitrogen functional groups attached to an aromatic ring is 1. The highest BCUT2D eigenvalue weighted by Crippen LogP contribution is 2.31. The van der Waals surface area contributed by atoms with Crippen molar-refractivity contribution in [2.45, 2.75) is 26.3 Å². The molecule has 0 spiro atoms. The predicted octanol–water partition coefficient (Wildman–Crippen LogP) is 3.63. The summed E-state index contributed by atoms with van der Waals surface area (Å²) in [7, 11) is 0. The third-order valence-electron chi connectivity index (χ3n) is 3.08. The summed E-state index contributed by atoms with van der Waals surface area (Å²) in [5.74, 6) is 0.732. The molecule has 0 saturated carbocycles. The summed E-state index contributed by atoms with van der Waals surface area (Å²) in [6.07, 6.45) is 4.58. The lowest BCUT2D eigenvalue weighted by Gasteiger charge is -2.18. The number of nitrogens with one attached hydrogen (secondary N) is 1. The van der Waals surface area contributed by atoms with Gasteiger partial charge in [-0.05, 0) is 37.1 Å². The minimum atomic E-state index is 0.132. The molecule has 20 heavy (non-hydrogen) atoms. The van der Waals surface area contributed by atoms with Crippen molar-refractivity contribution in [2.75, 3.05) is 17.7 Å². The molecule has 1 aromatic heterocycles. The molecule has 3 N–H and O–H groups in total. The topological polar surface area (TPSA) is 60.2 Å². The van der Waals surface area contributed by atoms with Crippen molar-refractivity contribution in [3.8, 4) is 5.75 Å². The molecule has 0 aliphatic heterocycles. The van der Waals surface area contributed by atoms with Gasteiger partial charge in [-0.1, -0.05) is 19.1 Å². The number of hydrogen-bond donors (Lipinski definition) is 2. The first-order valence-electron chi connectivity index (χ1n) is 6.90. The summed E-state index contributed by atoms with van der Waals surface area (Å²) in [5, 5.41) is 3.40. The molecular formula is C16H21N3O. The molecule has 1 heterocycles. The largest absolute Gasteiger partial charge is 0.491 e. The normalized spacial score (nSPS) is 11.9. The minimum absolute atomic E-state index is 0.132.